The van der Waals surface area contributed by atoms with Crippen molar-refractivity contribution in [2.24, 2.45) is 0 Å². The van der Waals surface area contributed by atoms with Crippen LogP contribution in [0.4, 0.5) is 0 Å². The van der Waals surface area contributed by atoms with E-state index in [1.54, 1.807) is 4.90 Å². The number of aliphatic hydroxyl groups is 1. The fourth-order valence-corrected chi connectivity index (χ4v) is 1.70. The van der Waals surface area contributed by atoms with Gasteiger partial charge in [-0.05, 0) is 25.0 Å². The number of amides is 1. The first-order valence-corrected chi connectivity index (χ1v) is 4.98. The van der Waals surface area contributed by atoms with Crippen LogP contribution in [0.5, 0.6) is 0 Å². The molecule has 15 heavy (non-hydrogen) atoms. The molecule has 0 radical (unpaired) electrons. The number of carbonyl (C=O) groups excluding carboxylic acids is 1. The van der Waals surface area contributed by atoms with Crippen LogP contribution in [-0.4, -0.2) is 34.0 Å². The zero-order valence-electron chi connectivity index (χ0n) is 10.3. The van der Waals surface area contributed by atoms with E-state index in [0.717, 1.165) is 25.9 Å². The summed E-state index contributed by atoms with van der Waals surface area (Å²) in [5.41, 5.74) is 0.0462. The predicted octanol–water partition coefficient (Wildman–Crippen LogP) is 0.810. The Morgan fingerprint density at radius 2 is 2.27 bits per heavy atom. The van der Waals surface area contributed by atoms with E-state index in [0.29, 0.717) is 0 Å². The first kappa shape index (κ1) is 7.82. The summed E-state index contributed by atoms with van der Waals surface area (Å²) >= 11 is 0. The van der Waals surface area contributed by atoms with E-state index in [-0.39, 0.29) is 17.3 Å². The minimum absolute atomic E-state index is 0.137. The molecule has 1 saturated heterocycles. The van der Waals surface area contributed by atoms with Crippen molar-refractivity contribution >= 4 is 5.91 Å². The summed E-state index contributed by atoms with van der Waals surface area (Å²) in [5.74, 6) is -0.200. The fraction of sp³-hybridized carbons (Fsp3) is 0.455. The Morgan fingerprint density at radius 1 is 1.53 bits per heavy atom. The molecule has 0 aliphatic carbocycles. The molecule has 1 N–H and O–H groups in total. The van der Waals surface area contributed by atoms with Gasteiger partial charge in [-0.25, -0.2) is 4.98 Å². The zero-order chi connectivity index (χ0) is 12.5. The first-order valence-electron chi connectivity index (χ1n) is 5.98. The number of likely N-dealkylation sites (tertiary alicyclic amines) is 1. The Bertz CT molecular complexity index is 426. The van der Waals surface area contributed by atoms with Crippen LogP contribution in [0.1, 0.15) is 31.8 Å². The second kappa shape index (κ2) is 4.40. The van der Waals surface area contributed by atoms with E-state index < -0.39 is 6.56 Å². The van der Waals surface area contributed by atoms with Gasteiger partial charge < -0.3 is 10.0 Å². The third kappa shape index (κ3) is 2.15. The summed E-state index contributed by atoms with van der Waals surface area (Å²) < 4.78 is 14.3. The van der Waals surface area contributed by atoms with Gasteiger partial charge in [-0.15, -0.1) is 0 Å². The molecule has 1 aliphatic heterocycles. The van der Waals surface area contributed by atoms with Crippen molar-refractivity contribution < 1.29 is 12.6 Å². The highest BCUT2D eigenvalue weighted by Gasteiger charge is 2.20. The molecule has 4 heteroatoms. The molecule has 0 atom stereocenters. The van der Waals surface area contributed by atoms with Crippen molar-refractivity contribution in [1.29, 1.82) is 0 Å². The molecule has 2 heterocycles. The number of nitrogens with zero attached hydrogens (tertiary/aromatic N) is 2. The van der Waals surface area contributed by atoms with Gasteiger partial charge in [0, 0.05) is 13.1 Å². The van der Waals surface area contributed by atoms with Crippen LogP contribution < -0.4 is 0 Å². The molecule has 1 aliphatic rings. The van der Waals surface area contributed by atoms with Gasteiger partial charge in [0.05, 0.1) is 15.0 Å². The van der Waals surface area contributed by atoms with Gasteiger partial charge in [0.25, 0.3) is 5.91 Å². The summed E-state index contributed by atoms with van der Waals surface area (Å²) in [6, 6.07) is 4.43. The normalized spacial score (nSPS) is 18.6. The van der Waals surface area contributed by atoms with E-state index >= 15 is 0 Å². The maximum absolute atomic E-state index is 12.0. The highest BCUT2D eigenvalue weighted by molar-refractivity contribution is 5.92. The van der Waals surface area contributed by atoms with E-state index in [2.05, 4.69) is 4.98 Å². The standard InChI is InChI=1S/C11H14N2O2/c14-8-9-4-3-5-10(12-9)11(15)13-6-1-2-7-13/h3-5,14H,1-2,6-8H2/i8D2. The molecule has 1 aromatic rings. The molecule has 4 nitrogen and oxygen atoms in total. The number of aromatic nitrogens is 1. The second-order valence-corrected chi connectivity index (χ2v) is 3.52. The van der Waals surface area contributed by atoms with Crippen molar-refractivity contribution in [3.05, 3.63) is 29.6 Å². The molecule has 0 unspecified atom stereocenters. The number of pyridine rings is 1. The Kier molecular flexibility index (Phi) is 2.29. The topological polar surface area (TPSA) is 53.4 Å². The molecule has 0 spiro atoms. The molecule has 0 aromatic carbocycles. The predicted molar refractivity (Wildman–Crippen MR) is 55.3 cm³/mol. The maximum atomic E-state index is 12.0. The summed E-state index contributed by atoms with van der Waals surface area (Å²) in [7, 11) is 0. The van der Waals surface area contributed by atoms with Gasteiger partial charge in [-0.2, -0.15) is 0 Å². The number of hydrogen-bond donors (Lipinski definition) is 1. The van der Waals surface area contributed by atoms with Crippen molar-refractivity contribution in [1.82, 2.24) is 9.88 Å². The zero-order valence-corrected chi connectivity index (χ0v) is 8.31. The van der Waals surface area contributed by atoms with E-state index in [1.165, 1.54) is 18.2 Å². The van der Waals surface area contributed by atoms with Crippen LogP contribution in [0, 0.1) is 0 Å². The van der Waals surface area contributed by atoms with Crippen molar-refractivity contribution in [2.75, 3.05) is 13.1 Å². The summed E-state index contributed by atoms with van der Waals surface area (Å²) in [6.07, 6.45) is 1.98. The first-order chi connectivity index (χ1) is 7.98. The monoisotopic (exact) mass is 208 g/mol. The number of carbonyl (C=O) groups is 1. The van der Waals surface area contributed by atoms with Gasteiger partial charge >= 0.3 is 0 Å². The van der Waals surface area contributed by atoms with E-state index in [9.17, 15) is 9.90 Å². The summed E-state index contributed by atoms with van der Waals surface area (Å²) in [4.78, 5) is 17.6. The molecule has 1 amide bonds. The molecule has 1 fully saturated rings. The fourth-order valence-electron chi connectivity index (χ4n) is 1.70. The van der Waals surface area contributed by atoms with Crippen LogP contribution >= 0.6 is 0 Å². The second-order valence-electron chi connectivity index (χ2n) is 3.52. The smallest absolute Gasteiger partial charge is 0.272 e. The third-order valence-corrected chi connectivity index (χ3v) is 2.48. The Hall–Kier alpha value is -1.42. The highest BCUT2D eigenvalue weighted by atomic mass is 16.3. The van der Waals surface area contributed by atoms with Gasteiger partial charge in [0.1, 0.15) is 5.69 Å². The van der Waals surface area contributed by atoms with E-state index in [4.69, 9.17) is 2.74 Å². The Labute approximate surface area is 91.4 Å². The highest BCUT2D eigenvalue weighted by Crippen LogP contribution is 2.11. The lowest BCUT2D eigenvalue weighted by molar-refractivity contribution is 0.0786. The SMILES string of the molecule is [2H]C([2H])(O)c1cccc(C(=O)N2CCCC2)n1. The molecular weight excluding hydrogens is 192 g/mol. The van der Waals surface area contributed by atoms with Crippen LogP contribution in [0.15, 0.2) is 18.2 Å². The van der Waals surface area contributed by atoms with Gasteiger partial charge in [0.2, 0.25) is 0 Å². The summed E-state index contributed by atoms with van der Waals surface area (Å²) in [5, 5.41) is 9.21. The average Bonchev–Trinajstić information content (AvgIpc) is 2.80. The lowest BCUT2D eigenvalue weighted by Gasteiger charge is -2.14. The van der Waals surface area contributed by atoms with Crippen LogP contribution in [-0.2, 0) is 6.56 Å². The van der Waals surface area contributed by atoms with Crippen LogP contribution in [0.2, 0.25) is 0 Å². The Balaban J connectivity index is 2.24. The molecule has 2 rings (SSSR count). The van der Waals surface area contributed by atoms with Gasteiger partial charge in [0.15, 0.2) is 0 Å². The average molecular weight is 208 g/mol. The molecule has 80 valence electrons. The lowest BCUT2D eigenvalue weighted by Crippen LogP contribution is -2.28. The van der Waals surface area contributed by atoms with Gasteiger partial charge in [-0.1, -0.05) is 6.07 Å². The molecule has 0 saturated carbocycles. The largest absolute Gasteiger partial charge is 0.390 e. The number of hydrogen-bond acceptors (Lipinski definition) is 3. The lowest BCUT2D eigenvalue weighted by atomic mass is 10.3. The summed E-state index contributed by atoms with van der Waals surface area (Å²) in [6.45, 7) is -1.07. The third-order valence-electron chi connectivity index (χ3n) is 2.48. The van der Waals surface area contributed by atoms with Gasteiger partial charge in [-0.3, -0.25) is 4.79 Å². The van der Waals surface area contributed by atoms with Crippen molar-refractivity contribution in [3.63, 3.8) is 0 Å². The molecule has 0 bridgehead atoms. The van der Waals surface area contributed by atoms with Crippen LogP contribution in [0.3, 0.4) is 0 Å². The van der Waals surface area contributed by atoms with Crippen molar-refractivity contribution in [2.45, 2.75) is 19.4 Å². The molecular formula is C11H14N2O2. The molecule has 1 aromatic heterocycles. The van der Waals surface area contributed by atoms with Crippen molar-refractivity contribution in [3.8, 4) is 0 Å². The maximum Gasteiger partial charge on any atom is 0.272 e. The number of rotatable bonds is 2. The van der Waals surface area contributed by atoms with E-state index in [1.807, 2.05) is 0 Å². The minimum Gasteiger partial charge on any atom is -0.390 e. The minimum atomic E-state index is -2.51. The Morgan fingerprint density at radius 3 is 2.93 bits per heavy atom. The quantitative estimate of drug-likeness (QED) is 0.782. The van der Waals surface area contributed by atoms with Crippen LogP contribution in [0.25, 0.3) is 0 Å².